The van der Waals surface area contributed by atoms with E-state index >= 15 is 0 Å². The Morgan fingerprint density at radius 3 is 2.43 bits per heavy atom. The Labute approximate surface area is 138 Å². The summed E-state index contributed by atoms with van der Waals surface area (Å²) in [6, 6.07) is 7.76. The zero-order valence-corrected chi connectivity index (χ0v) is 14.5. The van der Waals surface area contributed by atoms with E-state index in [1.54, 1.807) is 7.11 Å². The van der Waals surface area contributed by atoms with Gasteiger partial charge in [-0.2, -0.15) is 0 Å². The molecule has 1 aromatic rings. The molecule has 0 saturated carbocycles. The van der Waals surface area contributed by atoms with E-state index in [-0.39, 0.29) is 18.3 Å². The predicted molar refractivity (Wildman–Crippen MR) is 88.5 cm³/mol. The van der Waals surface area contributed by atoms with Crippen molar-refractivity contribution < 1.29 is 23.7 Å². The van der Waals surface area contributed by atoms with Crippen molar-refractivity contribution in [1.82, 2.24) is 0 Å². The second-order valence-corrected chi connectivity index (χ2v) is 5.44. The molecule has 0 heterocycles. The van der Waals surface area contributed by atoms with Gasteiger partial charge in [-0.25, -0.2) is 0 Å². The maximum absolute atomic E-state index is 10.8. The molecule has 0 bridgehead atoms. The number of methoxy groups -OCH3 is 1. The van der Waals surface area contributed by atoms with E-state index in [0.717, 1.165) is 17.6 Å². The first-order chi connectivity index (χ1) is 11.1. The van der Waals surface area contributed by atoms with Gasteiger partial charge in [0.1, 0.15) is 12.0 Å². The van der Waals surface area contributed by atoms with Crippen molar-refractivity contribution in [2.75, 3.05) is 20.3 Å². The van der Waals surface area contributed by atoms with Crippen molar-refractivity contribution in [1.29, 1.82) is 0 Å². The normalized spacial score (nSPS) is 15.0. The summed E-state index contributed by atoms with van der Waals surface area (Å²) in [5.41, 5.74) is 1.08. The molecule has 0 radical (unpaired) electrons. The molecular weight excluding hydrogens is 296 g/mol. The molecule has 3 atom stereocenters. The Morgan fingerprint density at radius 1 is 1.17 bits per heavy atom. The zero-order valence-electron chi connectivity index (χ0n) is 14.5. The van der Waals surface area contributed by atoms with E-state index in [1.807, 2.05) is 45.0 Å². The molecule has 0 aliphatic heterocycles. The molecule has 130 valence electrons. The molecule has 1 aromatic carbocycles. The molecule has 0 aliphatic carbocycles. The van der Waals surface area contributed by atoms with E-state index in [1.165, 1.54) is 0 Å². The molecule has 1 rings (SSSR count). The number of rotatable bonds is 12. The summed E-state index contributed by atoms with van der Waals surface area (Å²) in [5, 5.41) is 0. The lowest BCUT2D eigenvalue weighted by atomic mass is 10.0. The minimum atomic E-state index is -0.325. The summed E-state index contributed by atoms with van der Waals surface area (Å²) in [6.45, 7) is 7.38. The number of ether oxygens (including phenoxy) is 4. The molecule has 0 aromatic heterocycles. The summed E-state index contributed by atoms with van der Waals surface area (Å²) in [5.74, 6) is 0.924. The van der Waals surface area contributed by atoms with Crippen LogP contribution in [0, 0.1) is 5.92 Å². The van der Waals surface area contributed by atoms with Crippen LogP contribution in [0.5, 0.6) is 5.75 Å². The number of aldehydes is 1. The molecule has 0 fully saturated rings. The summed E-state index contributed by atoms with van der Waals surface area (Å²) in [6.07, 6.45) is 0.687. The van der Waals surface area contributed by atoms with Crippen molar-refractivity contribution in [3.8, 4) is 5.75 Å². The highest BCUT2D eigenvalue weighted by Crippen LogP contribution is 2.16. The highest BCUT2D eigenvalue weighted by Gasteiger charge is 2.20. The fraction of sp³-hybridized carbons (Fsp3) is 0.611. The largest absolute Gasteiger partial charge is 0.497 e. The third-order valence-corrected chi connectivity index (χ3v) is 3.54. The molecule has 0 amide bonds. The van der Waals surface area contributed by atoms with Crippen LogP contribution in [0.15, 0.2) is 24.3 Å². The quantitative estimate of drug-likeness (QED) is 0.436. The number of carbonyl (C=O) groups excluding carboxylic acids is 1. The first-order valence-corrected chi connectivity index (χ1v) is 8.02. The van der Waals surface area contributed by atoms with E-state index in [2.05, 4.69) is 0 Å². The maximum atomic E-state index is 10.8. The van der Waals surface area contributed by atoms with Gasteiger partial charge in [-0.15, -0.1) is 0 Å². The first-order valence-electron chi connectivity index (χ1n) is 8.02. The SMILES string of the molecule is CCOC(C)O[C@@H](CC=O)[C@@H](C)COCc1ccc(OC)cc1. The molecule has 1 unspecified atom stereocenters. The Kier molecular flexibility index (Phi) is 9.52. The third-order valence-electron chi connectivity index (χ3n) is 3.54. The van der Waals surface area contributed by atoms with Gasteiger partial charge in [0, 0.05) is 18.9 Å². The summed E-state index contributed by atoms with van der Waals surface area (Å²) in [7, 11) is 1.64. The Bertz CT molecular complexity index is 432. The number of hydrogen-bond acceptors (Lipinski definition) is 5. The minimum Gasteiger partial charge on any atom is -0.497 e. The maximum Gasteiger partial charge on any atom is 0.155 e. The first kappa shape index (κ1) is 19.6. The summed E-state index contributed by atoms with van der Waals surface area (Å²) >= 11 is 0. The molecule has 0 N–H and O–H groups in total. The van der Waals surface area contributed by atoms with Crippen LogP contribution in [0.25, 0.3) is 0 Å². The fourth-order valence-electron chi connectivity index (χ4n) is 2.23. The molecule has 23 heavy (non-hydrogen) atoms. The molecule has 5 heteroatoms. The van der Waals surface area contributed by atoms with Crippen LogP contribution in [0.3, 0.4) is 0 Å². The van der Waals surface area contributed by atoms with Crippen LogP contribution in [-0.2, 0) is 25.6 Å². The number of carbonyl (C=O) groups is 1. The van der Waals surface area contributed by atoms with Gasteiger partial charge in [-0.3, -0.25) is 0 Å². The van der Waals surface area contributed by atoms with Crippen molar-refractivity contribution in [2.45, 2.75) is 46.2 Å². The Morgan fingerprint density at radius 2 is 1.87 bits per heavy atom. The Hall–Kier alpha value is -1.43. The lowest BCUT2D eigenvalue weighted by Gasteiger charge is -2.26. The average molecular weight is 324 g/mol. The highest BCUT2D eigenvalue weighted by atomic mass is 16.7. The number of hydrogen-bond donors (Lipinski definition) is 0. The van der Waals surface area contributed by atoms with E-state index in [0.29, 0.717) is 26.2 Å². The van der Waals surface area contributed by atoms with Crippen LogP contribution in [0.2, 0.25) is 0 Å². The van der Waals surface area contributed by atoms with Crippen LogP contribution < -0.4 is 4.74 Å². The highest BCUT2D eigenvalue weighted by molar-refractivity contribution is 5.50. The lowest BCUT2D eigenvalue weighted by Crippen LogP contribution is -2.30. The van der Waals surface area contributed by atoms with Crippen LogP contribution >= 0.6 is 0 Å². The molecule has 5 nitrogen and oxygen atoms in total. The second kappa shape index (κ2) is 11.2. The van der Waals surface area contributed by atoms with Crippen molar-refractivity contribution in [2.24, 2.45) is 5.92 Å². The van der Waals surface area contributed by atoms with E-state index in [4.69, 9.17) is 18.9 Å². The van der Waals surface area contributed by atoms with Gasteiger partial charge in [0.2, 0.25) is 0 Å². The minimum absolute atomic E-state index is 0.0985. The second-order valence-electron chi connectivity index (χ2n) is 5.44. The van der Waals surface area contributed by atoms with E-state index < -0.39 is 0 Å². The van der Waals surface area contributed by atoms with Gasteiger partial charge < -0.3 is 23.7 Å². The van der Waals surface area contributed by atoms with Crippen LogP contribution in [0.4, 0.5) is 0 Å². The monoisotopic (exact) mass is 324 g/mol. The predicted octanol–water partition coefficient (Wildman–Crippen LogP) is 3.20. The summed E-state index contributed by atoms with van der Waals surface area (Å²) < 4.78 is 22.0. The van der Waals surface area contributed by atoms with Gasteiger partial charge in [-0.1, -0.05) is 19.1 Å². The third kappa shape index (κ3) is 7.59. The molecule has 0 spiro atoms. The lowest BCUT2D eigenvalue weighted by molar-refractivity contribution is -0.174. The van der Waals surface area contributed by atoms with Gasteiger partial charge >= 0.3 is 0 Å². The fourth-order valence-corrected chi connectivity index (χ4v) is 2.23. The standard InChI is InChI=1S/C18H28O5/c1-5-22-15(3)23-18(10-11-19)14(2)12-21-13-16-6-8-17(20-4)9-7-16/h6-9,11,14-15,18H,5,10,12-13H2,1-4H3/t14-,15?,18-/m0/s1. The van der Waals surface area contributed by atoms with E-state index in [9.17, 15) is 4.79 Å². The number of benzene rings is 1. The smallest absolute Gasteiger partial charge is 0.155 e. The van der Waals surface area contributed by atoms with Crippen LogP contribution in [-0.4, -0.2) is 39.0 Å². The average Bonchev–Trinajstić information content (AvgIpc) is 2.55. The zero-order chi connectivity index (χ0) is 17.1. The van der Waals surface area contributed by atoms with Crippen molar-refractivity contribution in [3.63, 3.8) is 0 Å². The van der Waals surface area contributed by atoms with Gasteiger partial charge in [0.05, 0.1) is 26.4 Å². The van der Waals surface area contributed by atoms with Crippen LogP contribution in [0.1, 0.15) is 32.8 Å². The topological polar surface area (TPSA) is 54.0 Å². The molecule has 0 saturated heterocycles. The van der Waals surface area contributed by atoms with Crippen molar-refractivity contribution >= 4 is 6.29 Å². The van der Waals surface area contributed by atoms with Crippen molar-refractivity contribution in [3.05, 3.63) is 29.8 Å². The molecular formula is C18H28O5. The van der Waals surface area contributed by atoms with Gasteiger partial charge in [0.25, 0.3) is 0 Å². The van der Waals surface area contributed by atoms with Gasteiger partial charge in [0.15, 0.2) is 6.29 Å². The Balaban J connectivity index is 2.41. The molecule has 0 aliphatic rings. The van der Waals surface area contributed by atoms with Gasteiger partial charge in [-0.05, 0) is 31.5 Å². The summed E-state index contributed by atoms with van der Waals surface area (Å²) in [4.78, 5) is 10.8.